The summed E-state index contributed by atoms with van der Waals surface area (Å²) in [6.45, 7) is 1.95. The number of amides is 1. The highest BCUT2D eigenvalue weighted by atomic mass is 35.5. The van der Waals surface area contributed by atoms with E-state index in [0.29, 0.717) is 39.6 Å². The number of rotatable bonds is 11. The molecule has 0 radical (unpaired) electrons. The summed E-state index contributed by atoms with van der Waals surface area (Å²) in [5.41, 5.74) is 4.05. The maximum absolute atomic E-state index is 14.0. The molecule has 0 aliphatic carbocycles. The average molecular weight is 618 g/mol. The molecule has 1 N–H and O–H groups in total. The van der Waals surface area contributed by atoms with Crippen LogP contribution in [-0.4, -0.2) is 51.5 Å². The summed E-state index contributed by atoms with van der Waals surface area (Å²) in [5.74, 6) is -0.0979. The van der Waals surface area contributed by atoms with E-state index in [2.05, 4.69) is 34.1 Å². The lowest BCUT2D eigenvalue weighted by Crippen LogP contribution is -2.36. The van der Waals surface area contributed by atoms with Gasteiger partial charge < -0.3 is 14.9 Å². The highest BCUT2D eigenvalue weighted by Crippen LogP contribution is 2.26. The zero-order chi connectivity index (χ0) is 30.2. The van der Waals surface area contributed by atoms with E-state index in [1.807, 2.05) is 42.5 Å². The highest BCUT2D eigenvalue weighted by Gasteiger charge is 2.26. The second-order valence-electron chi connectivity index (χ2n) is 11.0. The van der Waals surface area contributed by atoms with Crippen LogP contribution < -0.4 is 4.90 Å². The maximum atomic E-state index is 14.0. The van der Waals surface area contributed by atoms with Crippen LogP contribution in [0.15, 0.2) is 85.1 Å². The van der Waals surface area contributed by atoms with Gasteiger partial charge in [-0.05, 0) is 66.1 Å². The molecule has 0 saturated carbocycles. The minimum absolute atomic E-state index is 0.0457. The first-order chi connectivity index (χ1) is 20.8. The lowest BCUT2D eigenvalue weighted by Gasteiger charge is -2.32. The summed E-state index contributed by atoms with van der Waals surface area (Å²) in [6, 6.07) is 25.2. The summed E-state index contributed by atoms with van der Waals surface area (Å²) in [4.78, 5) is 38.8. The number of aromatic nitrogens is 2. The lowest BCUT2D eigenvalue weighted by atomic mass is 9.90. The number of carboxylic acid groups (broad SMARTS) is 1. The van der Waals surface area contributed by atoms with Crippen LogP contribution in [0.4, 0.5) is 5.95 Å². The summed E-state index contributed by atoms with van der Waals surface area (Å²) in [7, 11) is 0. The Morgan fingerprint density at radius 1 is 0.884 bits per heavy atom. The van der Waals surface area contributed by atoms with E-state index >= 15 is 0 Å². The number of carboxylic acids is 1. The first kappa shape index (κ1) is 30.5. The molecule has 9 heteroatoms. The van der Waals surface area contributed by atoms with Crippen LogP contribution in [-0.2, 0) is 24.2 Å². The first-order valence-electron chi connectivity index (χ1n) is 14.5. The SMILES string of the molecule is O=C(O)CCN(Cc1ccc(Cl)cc1)C(=O)c1cnc(N2CCC(Cc3ccccc3)CC2)nc1Cc1cccc(Cl)c1. The zero-order valence-corrected chi connectivity index (χ0v) is 25.3. The topological polar surface area (TPSA) is 86.6 Å². The molecule has 1 amide bonds. The van der Waals surface area contributed by atoms with Crippen molar-refractivity contribution < 1.29 is 14.7 Å². The molecule has 0 bridgehead atoms. The Morgan fingerprint density at radius 3 is 2.30 bits per heavy atom. The average Bonchev–Trinajstić information content (AvgIpc) is 3.01. The summed E-state index contributed by atoms with van der Waals surface area (Å²) in [6.07, 6.45) is 4.92. The molecule has 5 rings (SSSR count). The molecule has 1 fully saturated rings. The Labute approximate surface area is 262 Å². The van der Waals surface area contributed by atoms with Crippen LogP contribution in [0.5, 0.6) is 0 Å². The van der Waals surface area contributed by atoms with Crippen molar-refractivity contribution in [1.29, 1.82) is 0 Å². The number of piperidine rings is 1. The van der Waals surface area contributed by atoms with Gasteiger partial charge in [0.1, 0.15) is 0 Å². The standard InChI is InChI=1S/C34H34Cl2N4O3/c35-28-11-9-26(10-12-28)23-40(18-15-32(41)42)33(43)30-22-37-34(38-31(30)21-27-7-4-8-29(36)20-27)39-16-13-25(14-17-39)19-24-5-2-1-3-6-24/h1-12,20,22,25H,13-19,21,23H2,(H,41,42). The van der Waals surface area contributed by atoms with E-state index < -0.39 is 5.97 Å². The summed E-state index contributed by atoms with van der Waals surface area (Å²) >= 11 is 12.3. The van der Waals surface area contributed by atoms with Crippen LogP contribution in [0, 0.1) is 5.92 Å². The Kier molecular flexibility index (Phi) is 10.3. The third kappa shape index (κ3) is 8.55. The van der Waals surface area contributed by atoms with Crippen molar-refractivity contribution in [3.8, 4) is 0 Å². The van der Waals surface area contributed by atoms with Gasteiger partial charge in [0, 0.05) is 48.8 Å². The number of halogens is 2. The number of carbonyl (C=O) groups excluding carboxylic acids is 1. The minimum Gasteiger partial charge on any atom is -0.481 e. The van der Waals surface area contributed by atoms with Gasteiger partial charge in [0.05, 0.1) is 17.7 Å². The number of nitrogens with zero attached hydrogens (tertiary/aromatic N) is 4. The van der Waals surface area contributed by atoms with Crippen molar-refractivity contribution in [2.24, 2.45) is 5.92 Å². The molecule has 1 aliphatic rings. The normalized spacial score (nSPS) is 13.6. The van der Waals surface area contributed by atoms with Crippen molar-refractivity contribution in [3.63, 3.8) is 0 Å². The van der Waals surface area contributed by atoms with E-state index in [4.69, 9.17) is 28.2 Å². The number of hydrogen-bond donors (Lipinski definition) is 1. The van der Waals surface area contributed by atoms with Crippen LogP contribution in [0.25, 0.3) is 0 Å². The Bertz CT molecular complexity index is 1540. The summed E-state index contributed by atoms with van der Waals surface area (Å²) in [5, 5.41) is 10.6. The van der Waals surface area contributed by atoms with Crippen molar-refractivity contribution in [3.05, 3.63) is 123 Å². The predicted molar refractivity (Wildman–Crippen MR) is 170 cm³/mol. The van der Waals surface area contributed by atoms with Crippen molar-refractivity contribution in [2.45, 2.75) is 38.6 Å². The fourth-order valence-electron chi connectivity index (χ4n) is 5.46. The number of carbonyl (C=O) groups is 2. The van der Waals surface area contributed by atoms with E-state index in [-0.39, 0.29) is 25.4 Å². The fraction of sp³-hybridized carbons (Fsp3) is 0.294. The van der Waals surface area contributed by atoms with Gasteiger partial charge in [0.25, 0.3) is 5.91 Å². The second kappa shape index (κ2) is 14.5. The molecule has 4 aromatic rings. The molecular formula is C34H34Cl2N4O3. The Morgan fingerprint density at radius 2 is 1.60 bits per heavy atom. The highest BCUT2D eigenvalue weighted by molar-refractivity contribution is 6.30. The molecule has 3 aromatic carbocycles. The fourth-order valence-corrected chi connectivity index (χ4v) is 5.80. The van der Waals surface area contributed by atoms with Gasteiger partial charge in [-0.1, -0.05) is 77.8 Å². The molecule has 222 valence electrons. The Balaban J connectivity index is 1.39. The van der Waals surface area contributed by atoms with Crippen LogP contribution in [0.3, 0.4) is 0 Å². The van der Waals surface area contributed by atoms with Crippen molar-refractivity contribution >= 4 is 41.0 Å². The monoisotopic (exact) mass is 616 g/mol. The van der Waals surface area contributed by atoms with Gasteiger partial charge in [-0.3, -0.25) is 9.59 Å². The van der Waals surface area contributed by atoms with Crippen LogP contribution >= 0.6 is 23.2 Å². The molecule has 2 heterocycles. The number of aliphatic carboxylic acids is 1. The molecule has 1 aromatic heterocycles. The van der Waals surface area contributed by atoms with Gasteiger partial charge in [-0.15, -0.1) is 0 Å². The van der Waals surface area contributed by atoms with Gasteiger partial charge in [-0.2, -0.15) is 0 Å². The lowest BCUT2D eigenvalue weighted by molar-refractivity contribution is -0.137. The quantitative estimate of drug-likeness (QED) is 0.196. The third-order valence-corrected chi connectivity index (χ3v) is 8.27. The van der Waals surface area contributed by atoms with Crippen LogP contribution in [0.2, 0.25) is 10.0 Å². The van der Waals surface area contributed by atoms with Gasteiger partial charge in [-0.25, -0.2) is 9.97 Å². The van der Waals surface area contributed by atoms with Gasteiger partial charge >= 0.3 is 5.97 Å². The number of hydrogen-bond acceptors (Lipinski definition) is 5. The van der Waals surface area contributed by atoms with Gasteiger partial charge in [0.2, 0.25) is 5.95 Å². The largest absolute Gasteiger partial charge is 0.481 e. The molecule has 0 unspecified atom stereocenters. The first-order valence-corrected chi connectivity index (χ1v) is 15.2. The smallest absolute Gasteiger partial charge is 0.305 e. The maximum Gasteiger partial charge on any atom is 0.305 e. The summed E-state index contributed by atoms with van der Waals surface area (Å²) < 4.78 is 0. The van der Waals surface area contributed by atoms with E-state index in [9.17, 15) is 14.7 Å². The zero-order valence-electron chi connectivity index (χ0n) is 23.8. The molecule has 1 aliphatic heterocycles. The van der Waals surface area contributed by atoms with Crippen LogP contribution in [0.1, 0.15) is 52.0 Å². The van der Waals surface area contributed by atoms with E-state index in [1.54, 1.807) is 18.3 Å². The van der Waals surface area contributed by atoms with E-state index in [0.717, 1.165) is 43.5 Å². The molecule has 1 saturated heterocycles. The molecular weight excluding hydrogens is 583 g/mol. The number of benzene rings is 3. The van der Waals surface area contributed by atoms with Gasteiger partial charge in [0.15, 0.2) is 0 Å². The van der Waals surface area contributed by atoms with E-state index in [1.165, 1.54) is 10.5 Å². The molecule has 0 spiro atoms. The number of anilines is 1. The molecule has 43 heavy (non-hydrogen) atoms. The second-order valence-corrected chi connectivity index (χ2v) is 11.8. The molecule has 7 nitrogen and oxygen atoms in total. The predicted octanol–water partition coefficient (Wildman–Crippen LogP) is 6.95. The van der Waals surface area contributed by atoms with Crippen molar-refractivity contribution in [2.75, 3.05) is 24.5 Å². The van der Waals surface area contributed by atoms with Crippen molar-refractivity contribution in [1.82, 2.24) is 14.9 Å². The Hall–Kier alpha value is -3.94. The molecule has 0 atom stereocenters. The minimum atomic E-state index is -0.977. The third-order valence-electron chi connectivity index (χ3n) is 7.78.